The molecule has 0 aliphatic rings. The zero-order valence-electron chi connectivity index (χ0n) is 16.3. The van der Waals surface area contributed by atoms with Crippen LogP contribution in [0.5, 0.6) is 0 Å². The molecule has 6 nitrogen and oxygen atoms in total. The quantitative estimate of drug-likeness (QED) is 0.351. The number of thioether (sulfide) groups is 1. The number of hydrogen-bond acceptors (Lipinski definition) is 8. The van der Waals surface area contributed by atoms with Crippen molar-refractivity contribution < 1.29 is 9.32 Å². The van der Waals surface area contributed by atoms with E-state index in [2.05, 4.69) is 20.4 Å². The number of rotatable bonds is 7. The van der Waals surface area contributed by atoms with Gasteiger partial charge in [-0.3, -0.25) is 4.79 Å². The minimum Gasteiger partial charge on any atom is -0.361 e. The molecule has 0 bridgehead atoms. The number of nitrogens with zero attached hydrogens (tertiary/aromatic N) is 3. The molecule has 0 aliphatic carbocycles. The lowest BCUT2D eigenvalue weighted by Gasteiger charge is -2.09. The van der Waals surface area contributed by atoms with Crippen LogP contribution in [0.2, 0.25) is 0 Å². The molecule has 4 rings (SSSR count). The van der Waals surface area contributed by atoms with Crippen LogP contribution in [-0.2, 0) is 5.75 Å². The van der Waals surface area contributed by atoms with Crippen molar-refractivity contribution in [3.05, 3.63) is 76.8 Å². The third-order valence-corrected chi connectivity index (χ3v) is 7.07. The zero-order valence-corrected chi connectivity index (χ0v) is 18.7. The fourth-order valence-corrected chi connectivity index (χ4v) is 5.27. The molecular weight excluding hydrogens is 436 g/mol. The number of carbonyl (C=O) groups excluding carboxylic acids is 1. The smallest absolute Gasteiger partial charge is 0.258 e. The Balaban J connectivity index is 1.41. The Morgan fingerprint density at radius 2 is 2.03 bits per heavy atom. The molecule has 0 saturated carbocycles. The predicted molar refractivity (Wildman–Crippen MR) is 120 cm³/mol. The summed E-state index contributed by atoms with van der Waals surface area (Å²) in [5.74, 6) is 1.14. The van der Waals surface area contributed by atoms with Crippen molar-refractivity contribution in [1.29, 1.82) is 0 Å². The molecular formula is C21H18N4O2S3. The highest BCUT2D eigenvalue weighted by Crippen LogP contribution is 2.31. The van der Waals surface area contributed by atoms with Gasteiger partial charge < -0.3 is 9.84 Å². The van der Waals surface area contributed by atoms with Gasteiger partial charge in [-0.2, -0.15) is 0 Å². The first-order valence-electron chi connectivity index (χ1n) is 9.08. The summed E-state index contributed by atoms with van der Waals surface area (Å²) in [5, 5.41) is 9.62. The van der Waals surface area contributed by atoms with Crippen LogP contribution in [0.15, 0.2) is 72.8 Å². The minimum atomic E-state index is -0.196. The average molecular weight is 455 g/mol. The molecule has 0 atom stereocenters. The number of pyridine rings is 1. The largest absolute Gasteiger partial charge is 0.361 e. The van der Waals surface area contributed by atoms with Gasteiger partial charge in [0.2, 0.25) is 0 Å². The molecule has 0 radical (unpaired) electrons. The summed E-state index contributed by atoms with van der Waals surface area (Å²) in [5.41, 5.74) is 3.10. The van der Waals surface area contributed by atoms with E-state index in [1.807, 2.05) is 49.6 Å². The number of aryl methyl sites for hydroxylation is 2. The first-order valence-corrected chi connectivity index (χ1v) is 11.8. The van der Waals surface area contributed by atoms with Gasteiger partial charge in [-0.15, -0.1) is 11.3 Å². The van der Waals surface area contributed by atoms with Gasteiger partial charge in [-0.25, -0.2) is 9.97 Å². The van der Waals surface area contributed by atoms with Crippen molar-refractivity contribution >= 4 is 46.5 Å². The first kappa shape index (κ1) is 20.6. The number of aromatic nitrogens is 3. The number of anilines is 1. The maximum atomic E-state index is 12.8. The predicted octanol–water partition coefficient (Wildman–Crippen LogP) is 5.84. The Kier molecular flexibility index (Phi) is 6.51. The normalized spacial score (nSPS) is 10.9. The molecule has 0 spiro atoms. The summed E-state index contributed by atoms with van der Waals surface area (Å²) in [6, 6.07) is 13.1. The van der Waals surface area contributed by atoms with Gasteiger partial charge >= 0.3 is 0 Å². The van der Waals surface area contributed by atoms with Crippen LogP contribution >= 0.6 is 34.9 Å². The Labute approximate surface area is 186 Å². The molecule has 30 heavy (non-hydrogen) atoms. The Hall–Kier alpha value is -2.62. The summed E-state index contributed by atoms with van der Waals surface area (Å²) >= 11 is 4.69. The molecule has 1 N–H and O–H groups in total. The molecule has 4 aromatic rings. The Bertz CT molecular complexity index is 1160. The minimum absolute atomic E-state index is 0.196. The highest BCUT2D eigenvalue weighted by Gasteiger charge is 2.14. The summed E-state index contributed by atoms with van der Waals surface area (Å²) in [6.07, 6.45) is 1.68. The van der Waals surface area contributed by atoms with Gasteiger partial charge in [0.1, 0.15) is 10.8 Å². The van der Waals surface area contributed by atoms with Gasteiger partial charge in [-0.05, 0) is 50.2 Å². The van der Waals surface area contributed by atoms with E-state index in [0.717, 1.165) is 32.1 Å². The van der Waals surface area contributed by atoms with Gasteiger partial charge in [0, 0.05) is 39.7 Å². The highest BCUT2D eigenvalue weighted by molar-refractivity contribution is 8.01. The second-order valence-electron chi connectivity index (χ2n) is 6.41. The maximum absolute atomic E-state index is 12.8. The lowest BCUT2D eigenvalue weighted by Crippen LogP contribution is -2.13. The molecule has 1 amide bonds. The Morgan fingerprint density at radius 1 is 1.20 bits per heavy atom. The van der Waals surface area contributed by atoms with E-state index in [4.69, 9.17) is 4.52 Å². The van der Waals surface area contributed by atoms with Crippen LogP contribution in [0.3, 0.4) is 0 Å². The third-order valence-electron chi connectivity index (χ3n) is 3.96. The van der Waals surface area contributed by atoms with E-state index in [9.17, 15) is 4.79 Å². The molecule has 152 valence electrons. The van der Waals surface area contributed by atoms with Crippen LogP contribution in [0, 0.1) is 13.8 Å². The lowest BCUT2D eigenvalue weighted by atomic mass is 10.2. The third kappa shape index (κ3) is 5.29. The second kappa shape index (κ2) is 9.46. The van der Waals surface area contributed by atoms with E-state index in [1.54, 1.807) is 41.4 Å². The topological polar surface area (TPSA) is 80.9 Å². The van der Waals surface area contributed by atoms with Crippen LogP contribution in [0.4, 0.5) is 5.69 Å². The molecule has 3 aromatic heterocycles. The summed E-state index contributed by atoms with van der Waals surface area (Å²) in [7, 11) is 0. The molecule has 0 fully saturated rings. The standard InChI is InChI=1S/C21H18N4O2S3/c1-13-11-29-21(23-13)30-17-7-5-15(6-8-17)24-19(26)18-4-3-9-22-20(18)28-12-16-10-14(2)27-25-16/h3-11H,12H2,1-2H3,(H,24,26). The van der Waals surface area contributed by atoms with Crippen molar-refractivity contribution in [2.24, 2.45) is 0 Å². The fourth-order valence-electron chi connectivity index (χ4n) is 2.59. The molecule has 0 saturated heterocycles. The van der Waals surface area contributed by atoms with Crippen molar-refractivity contribution in [2.75, 3.05) is 5.32 Å². The number of carbonyl (C=O) groups is 1. The monoisotopic (exact) mass is 454 g/mol. The molecule has 0 aliphatic heterocycles. The van der Waals surface area contributed by atoms with Crippen LogP contribution < -0.4 is 5.32 Å². The van der Waals surface area contributed by atoms with Crippen molar-refractivity contribution in [1.82, 2.24) is 15.1 Å². The zero-order chi connectivity index (χ0) is 20.9. The van der Waals surface area contributed by atoms with Crippen LogP contribution in [-0.4, -0.2) is 21.0 Å². The Morgan fingerprint density at radius 3 is 2.73 bits per heavy atom. The van der Waals surface area contributed by atoms with E-state index >= 15 is 0 Å². The molecule has 0 unspecified atom stereocenters. The van der Waals surface area contributed by atoms with Crippen molar-refractivity contribution in [3.63, 3.8) is 0 Å². The first-order chi connectivity index (χ1) is 14.6. The number of thiazole rings is 1. The number of amides is 1. The van der Waals surface area contributed by atoms with Crippen LogP contribution in [0.25, 0.3) is 0 Å². The van der Waals surface area contributed by atoms with Crippen molar-refractivity contribution in [3.8, 4) is 0 Å². The number of hydrogen-bond donors (Lipinski definition) is 1. The van der Waals surface area contributed by atoms with E-state index in [1.165, 1.54) is 11.8 Å². The SMILES string of the molecule is Cc1csc(Sc2ccc(NC(=O)c3cccnc3SCc3cc(C)on3)cc2)n1. The molecule has 9 heteroatoms. The van der Waals surface area contributed by atoms with Gasteiger partial charge in [-0.1, -0.05) is 28.7 Å². The number of nitrogens with one attached hydrogen (secondary N) is 1. The second-order valence-corrected chi connectivity index (χ2v) is 9.55. The van der Waals surface area contributed by atoms with Crippen molar-refractivity contribution in [2.45, 2.75) is 33.9 Å². The number of benzene rings is 1. The summed E-state index contributed by atoms with van der Waals surface area (Å²) < 4.78 is 6.09. The van der Waals surface area contributed by atoms with E-state index in [-0.39, 0.29) is 5.91 Å². The van der Waals surface area contributed by atoms with Gasteiger partial charge in [0.05, 0.1) is 11.3 Å². The van der Waals surface area contributed by atoms with E-state index < -0.39 is 0 Å². The molecule has 1 aromatic carbocycles. The van der Waals surface area contributed by atoms with Gasteiger partial charge in [0.25, 0.3) is 5.91 Å². The highest BCUT2D eigenvalue weighted by atomic mass is 32.2. The fraction of sp³-hybridized carbons (Fsp3) is 0.143. The molecule has 3 heterocycles. The lowest BCUT2D eigenvalue weighted by molar-refractivity contribution is 0.102. The maximum Gasteiger partial charge on any atom is 0.258 e. The average Bonchev–Trinajstić information content (AvgIpc) is 3.35. The summed E-state index contributed by atoms with van der Waals surface area (Å²) in [6.45, 7) is 3.83. The van der Waals surface area contributed by atoms with Gasteiger partial charge in [0.15, 0.2) is 4.34 Å². The van der Waals surface area contributed by atoms with E-state index in [0.29, 0.717) is 16.3 Å². The van der Waals surface area contributed by atoms with Crippen LogP contribution in [0.1, 0.15) is 27.5 Å². The summed E-state index contributed by atoms with van der Waals surface area (Å²) in [4.78, 5) is 22.7.